The van der Waals surface area contributed by atoms with E-state index < -0.39 is 0 Å². The van der Waals surface area contributed by atoms with Crippen molar-refractivity contribution >= 4 is 0 Å². The van der Waals surface area contributed by atoms with Crippen LogP contribution in [0.4, 0.5) is 0 Å². The van der Waals surface area contributed by atoms with Crippen molar-refractivity contribution in [2.75, 3.05) is 26.2 Å². The molecule has 100 valence electrons. The zero-order valence-corrected chi connectivity index (χ0v) is 12.3. The minimum atomic E-state index is 0.541. The maximum Gasteiger partial charge on any atom is 0.00509 e. The average molecular weight is 238 g/mol. The highest BCUT2D eigenvalue weighted by molar-refractivity contribution is 5.13. The van der Waals surface area contributed by atoms with E-state index in [2.05, 4.69) is 44.8 Å². The third kappa shape index (κ3) is 2.53. The summed E-state index contributed by atoms with van der Waals surface area (Å²) in [5, 5.41) is 3.58. The van der Waals surface area contributed by atoms with Gasteiger partial charge in [0.05, 0.1) is 0 Å². The van der Waals surface area contributed by atoms with Crippen molar-refractivity contribution in [3.05, 3.63) is 0 Å². The fourth-order valence-corrected chi connectivity index (χ4v) is 3.47. The van der Waals surface area contributed by atoms with Gasteiger partial charge in [0.2, 0.25) is 0 Å². The van der Waals surface area contributed by atoms with Crippen LogP contribution in [0, 0.1) is 16.7 Å². The summed E-state index contributed by atoms with van der Waals surface area (Å²) in [6.07, 6.45) is 2.60. The van der Waals surface area contributed by atoms with Crippen LogP contribution in [0.1, 0.15) is 47.5 Å². The summed E-state index contributed by atoms with van der Waals surface area (Å²) in [6.45, 7) is 17.1. The highest BCUT2D eigenvalue weighted by atomic mass is 15.1. The molecule has 0 aromatic heterocycles. The van der Waals surface area contributed by atoms with Gasteiger partial charge in [-0.2, -0.15) is 0 Å². The maximum absolute atomic E-state index is 3.58. The molecule has 17 heavy (non-hydrogen) atoms. The fourth-order valence-electron chi connectivity index (χ4n) is 3.47. The number of nitrogens with one attached hydrogen (secondary N) is 1. The molecule has 1 saturated carbocycles. The molecule has 0 bridgehead atoms. The lowest BCUT2D eigenvalue weighted by molar-refractivity contribution is 0.216. The summed E-state index contributed by atoms with van der Waals surface area (Å²) in [6, 6.07) is 0.693. The normalized spacial score (nSPS) is 34.1. The van der Waals surface area contributed by atoms with E-state index in [4.69, 9.17) is 0 Å². The molecule has 2 heteroatoms. The molecule has 0 aromatic rings. The summed E-state index contributed by atoms with van der Waals surface area (Å²) in [4.78, 5) is 2.71. The molecule has 1 atom stereocenters. The number of nitrogens with zero attached hydrogens (tertiary/aromatic N) is 1. The second kappa shape index (κ2) is 4.55. The molecule has 2 rings (SSSR count). The zero-order valence-electron chi connectivity index (χ0n) is 12.3. The Morgan fingerprint density at radius 2 is 1.76 bits per heavy atom. The van der Waals surface area contributed by atoms with Crippen LogP contribution >= 0.6 is 0 Å². The topological polar surface area (TPSA) is 15.3 Å². The Morgan fingerprint density at radius 3 is 2.35 bits per heavy atom. The van der Waals surface area contributed by atoms with Gasteiger partial charge in [0.15, 0.2) is 0 Å². The van der Waals surface area contributed by atoms with Gasteiger partial charge >= 0.3 is 0 Å². The Kier molecular flexibility index (Phi) is 3.57. The van der Waals surface area contributed by atoms with Crippen molar-refractivity contribution in [3.8, 4) is 0 Å². The molecule has 0 amide bonds. The summed E-state index contributed by atoms with van der Waals surface area (Å²) in [7, 11) is 0. The standard InChI is InChI=1S/C15H30N2/c1-12-7-10-17(9-6-8-16-12)11-13-14(2,3)15(13,4)5/h12-13,16H,6-11H2,1-5H3. The van der Waals surface area contributed by atoms with Crippen LogP contribution in [-0.2, 0) is 0 Å². The second-order valence-corrected chi connectivity index (χ2v) is 7.29. The summed E-state index contributed by atoms with van der Waals surface area (Å²) in [5.41, 5.74) is 1.08. The molecule has 1 aliphatic heterocycles. The van der Waals surface area contributed by atoms with Gasteiger partial charge in [0.25, 0.3) is 0 Å². The van der Waals surface area contributed by atoms with Gasteiger partial charge in [-0.05, 0) is 56.1 Å². The van der Waals surface area contributed by atoms with Crippen LogP contribution in [0.2, 0.25) is 0 Å². The van der Waals surface area contributed by atoms with E-state index in [1.165, 1.54) is 39.0 Å². The quantitative estimate of drug-likeness (QED) is 0.796. The molecule has 2 nitrogen and oxygen atoms in total. The van der Waals surface area contributed by atoms with E-state index in [1.54, 1.807) is 0 Å². The van der Waals surface area contributed by atoms with Crippen molar-refractivity contribution in [2.45, 2.75) is 53.5 Å². The molecule has 2 fully saturated rings. The SMILES string of the molecule is CC1CCN(CC2C(C)(C)C2(C)C)CCCN1. The van der Waals surface area contributed by atoms with Gasteiger partial charge < -0.3 is 10.2 Å². The molecule has 1 unspecified atom stereocenters. The first-order chi connectivity index (χ1) is 7.85. The van der Waals surface area contributed by atoms with Crippen molar-refractivity contribution in [3.63, 3.8) is 0 Å². The van der Waals surface area contributed by atoms with E-state index >= 15 is 0 Å². The molecule has 2 aliphatic rings. The van der Waals surface area contributed by atoms with Crippen LogP contribution in [0.5, 0.6) is 0 Å². The van der Waals surface area contributed by atoms with Gasteiger partial charge in [-0.3, -0.25) is 0 Å². The molecular formula is C15H30N2. The van der Waals surface area contributed by atoms with Crippen LogP contribution in [-0.4, -0.2) is 37.1 Å². The predicted molar refractivity (Wildman–Crippen MR) is 74.2 cm³/mol. The lowest BCUT2D eigenvalue weighted by Gasteiger charge is -2.28. The average Bonchev–Trinajstić information content (AvgIpc) is 2.59. The summed E-state index contributed by atoms with van der Waals surface area (Å²) in [5.74, 6) is 0.887. The van der Waals surface area contributed by atoms with E-state index in [-0.39, 0.29) is 0 Å². The molecule has 1 heterocycles. The van der Waals surface area contributed by atoms with Crippen molar-refractivity contribution in [2.24, 2.45) is 16.7 Å². The van der Waals surface area contributed by atoms with E-state index in [9.17, 15) is 0 Å². The smallest absolute Gasteiger partial charge is 0.00509 e. The van der Waals surface area contributed by atoms with Gasteiger partial charge in [0.1, 0.15) is 0 Å². The first-order valence-corrected chi connectivity index (χ1v) is 7.31. The largest absolute Gasteiger partial charge is 0.314 e. The summed E-state index contributed by atoms with van der Waals surface area (Å²) < 4.78 is 0. The third-order valence-corrected chi connectivity index (χ3v) is 5.78. The Balaban J connectivity index is 1.86. The Bertz CT molecular complexity index is 256. The van der Waals surface area contributed by atoms with E-state index in [0.717, 1.165) is 5.92 Å². The first-order valence-electron chi connectivity index (χ1n) is 7.31. The Morgan fingerprint density at radius 1 is 1.12 bits per heavy atom. The minimum absolute atomic E-state index is 0.541. The Hall–Kier alpha value is -0.0800. The number of hydrogen-bond donors (Lipinski definition) is 1. The lowest BCUT2D eigenvalue weighted by Crippen LogP contribution is -2.39. The zero-order chi connectivity index (χ0) is 12.7. The highest BCUT2D eigenvalue weighted by Gasteiger charge is 2.64. The summed E-state index contributed by atoms with van der Waals surface area (Å²) >= 11 is 0. The first kappa shape index (κ1) is 13.4. The number of hydrogen-bond acceptors (Lipinski definition) is 2. The van der Waals surface area contributed by atoms with Gasteiger partial charge in [-0.15, -0.1) is 0 Å². The molecule has 1 aliphatic carbocycles. The minimum Gasteiger partial charge on any atom is -0.314 e. The van der Waals surface area contributed by atoms with Crippen LogP contribution < -0.4 is 5.32 Å². The molecule has 0 spiro atoms. The Labute approximate surface area is 107 Å². The van der Waals surface area contributed by atoms with Crippen LogP contribution in [0.15, 0.2) is 0 Å². The van der Waals surface area contributed by atoms with Crippen LogP contribution in [0.25, 0.3) is 0 Å². The second-order valence-electron chi connectivity index (χ2n) is 7.29. The van der Waals surface area contributed by atoms with Gasteiger partial charge in [0, 0.05) is 12.6 Å². The van der Waals surface area contributed by atoms with Crippen molar-refractivity contribution < 1.29 is 0 Å². The maximum atomic E-state index is 3.58. The van der Waals surface area contributed by atoms with E-state index in [0.29, 0.717) is 16.9 Å². The number of rotatable bonds is 2. The molecule has 0 aromatic carbocycles. The highest BCUT2D eigenvalue weighted by Crippen LogP contribution is 2.68. The monoisotopic (exact) mass is 238 g/mol. The van der Waals surface area contributed by atoms with Crippen LogP contribution in [0.3, 0.4) is 0 Å². The van der Waals surface area contributed by atoms with Gasteiger partial charge in [-0.1, -0.05) is 27.7 Å². The molecular weight excluding hydrogens is 208 g/mol. The third-order valence-electron chi connectivity index (χ3n) is 5.78. The van der Waals surface area contributed by atoms with Gasteiger partial charge in [-0.25, -0.2) is 0 Å². The van der Waals surface area contributed by atoms with Crippen molar-refractivity contribution in [1.82, 2.24) is 10.2 Å². The molecule has 1 N–H and O–H groups in total. The van der Waals surface area contributed by atoms with E-state index in [1.807, 2.05) is 0 Å². The predicted octanol–water partition coefficient (Wildman–Crippen LogP) is 2.74. The van der Waals surface area contributed by atoms with Crippen molar-refractivity contribution in [1.29, 1.82) is 0 Å². The molecule has 1 saturated heterocycles. The molecule has 0 radical (unpaired) electrons. The lowest BCUT2D eigenvalue weighted by atomic mass is 10.0. The fraction of sp³-hybridized carbons (Fsp3) is 1.00.